The highest BCUT2D eigenvalue weighted by atomic mass is 35.5. The number of amides is 1. The van der Waals surface area contributed by atoms with Gasteiger partial charge in [0.2, 0.25) is 5.13 Å². The molecule has 0 bridgehead atoms. The van der Waals surface area contributed by atoms with E-state index in [1.807, 2.05) is 0 Å². The molecule has 128 valence electrons. The van der Waals surface area contributed by atoms with Crippen molar-refractivity contribution in [2.75, 3.05) is 5.32 Å². The van der Waals surface area contributed by atoms with Gasteiger partial charge in [0.15, 0.2) is 4.34 Å². The van der Waals surface area contributed by atoms with Gasteiger partial charge in [0.25, 0.3) is 5.91 Å². The van der Waals surface area contributed by atoms with Gasteiger partial charge in [-0.15, -0.1) is 10.2 Å². The van der Waals surface area contributed by atoms with Gasteiger partial charge in [0.1, 0.15) is 5.82 Å². The smallest absolute Gasteiger partial charge is 0.260 e. The summed E-state index contributed by atoms with van der Waals surface area (Å²) in [5.41, 5.74) is 0.762. The lowest BCUT2D eigenvalue weighted by atomic mass is 10.2. The molecule has 1 aromatic heterocycles. The Balaban J connectivity index is 1.65. The first-order chi connectivity index (χ1) is 12.0. The van der Waals surface area contributed by atoms with Crippen LogP contribution in [-0.2, 0) is 5.75 Å². The molecular formula is C16H10Cl2FN3OS2. The predicted octanol–water partition coefficient (Wildman–Crippen LogP) is 5.53. The van der Waals surface area contributed by atoms with Crippen molar-refractivity contribution >= 4 is 57.3 Å². The molecule has 25 heavy (non-hydrogen) atoms. The van der Waals surface area contributed by atoms with Gasteiger partial charge in [-0.3, -0.25) is 10.1 Å². The van der Waals surface area contributed by atoms with E-state index >= 15 is 0 Å². The van der Waals surface area contributed by atoms with Crippen molar-refractivity contribution in [3.05, 3.63) is 69.5 Å². The van der Waals surface area contributed by atoms with Crippen molar-refractivity contribution in [1.29, 1.82) is 0 Å². The normalized spacial score (nSPS) is 10.7. The van der Waals surface area contributed by atoms with E-state index in [4.69, 9.17) is 23.2 Å². The molecule has 1 amide bonds. The van der Waals surface area contributed by atoms with Gasteiger partial charge in [0, 0.05) is 15.8 Å². The molecule has 0 spiro atoms. The Morgan fingerprint density at radius 1 is 1.12 bits per heavy atom. The van der Waals surface area contributed by atoms with Gasteiger partial charge < -0.3 is 0 Å². The molecule has 0 saturated heterocycles. The molecule has 9 heteroatoms. The maximum atomic E-state index is 13.6. The highest BCUT2D eigenvalue weighted by molar-refractivity contribution is 8.00. The fraction of sp³-hybridized carbons (Fsp3) is 0.0625. The molecule has 0 saturated carbocycles. The van der Waals surface area contributed by atoms with Crippen LogP contribution in [0.2, 0.25) is 10.0 Å². The summed E-state index contributed by atoms with van der Waals surface area (Å²) in [5, 5.41) is 11.9. The highest BCUT2D eigenvalue weighted by Crippen LogP contribution is 2.33. The molecule has 3 aromatic rings. The molecule has 0 radical (unpaired) electrons. The first-order valence-electron chi connectivity index (χ1n) is 6.99. The van der Waals surface area contributed by atoms with Crippen LogP contribution in [0.25, 0.3) is 0 Å². The molecule has 0 aliphatic heterocycles. The van der Waals surface area contributed by atoms with Crippen molar-refractivity contribution in [2.45, 2.75) is 10.1 Å². The third kappa shape index (κ3) is 4.49. The lowest BCUT2D eigenvalue weighted by Gasteiger charge is -2.04. The Morgan fingerprint density at radius 2 is 1.84 bits per heavy atom. The van der Waals surface area contributed by atoms with Crippen LogP contribution in [0.15, 0.2) is 46.8 Å². The van der Waals surface area contributed by atoms with Crippen LogP contribution in [0.1, 0.15) is 15.9 Å². The van der Waals surface area contributed by atoms with Gasteiger partial charge in [-0.05, 0) is 29.8 Å². The Bertz CT molecular complexity index is 900. The van der Waals surface area contributed by atoms with Crippen molar-refractivity contribution in [3.8, 4) is 0 Å². The number of benzene rings is 2. The van der Waals surface area contributed by atoms with E-state index in [0.717, 1.165) is 5.56 Å². The zero-order chi connectivity index (χ0) is 17.8. The van der Waals surface area contributed by atoms with E-state index in [-0.39, 0.29) is 5.56 Å². The predicted molar refractivity (Wildman–Crippen MR) is 100 cm³/mol. The minimum Gasteiger partial charge on any atom is -0.296 e. The van der Waals surface area contributed by atoms with Crippen molar-refractivity contribution in [1.82, 2.24) is 10.2 Å². The van der Waals surface area contributed by atoms with Crippen LogP contribution in [-0.4, -0.2) is 16.1 Å². The summed E-state index contributed by atoms with van der Waals surface area (Å²) in [6, 6.07) is 11.1. The number of carbonyl (C=O) groups is 1. The Labute approximate surface area is 161 Å². The summed E-state index contributed by atoms with van der Waals surface area (Å²) in [6.45, 7) is 0. The summed E-state index contributed by atoms with van der Waals surface area (Å²) in [6.07, 6.45) is 0. The molecule has 3 rings (SSSR count). The molecular weight excluding hydrogens is 404 g/mol. The molecule has 0 aliphatic carbocycles. The molecule has 0 aliphatic rings. The number of carbonyl (C=O) groups excluding carboxylic acids is 1. The minimum atomic E-state index is -0.590. The molecule has 0 fully saturated rings. The van der Waals surface area contributed by atoms with Gasteiger partial charge in [-0.1, -0.05) is 64.5 Å². The SMILES string of the molecule is O=C(Nc1nnc(SCc2c(Cl)cccc2Cl)s1)c1ccccc1F. The Kier molecular flexibility index (Phi) is 5.90. The molecule has 1 N–H and O–H groups in total. The minimum absolute atomic E-state index is 0.0465. The average molecular weight is 414 g/mol. The molecule has 2 aromatic carbocycles. The summed E-state index contributed by atoms with van der Waals surface area (Å²) in [5.74, 6) is -0.638. The van der Waals surface area contributed by atoms with Gasteiger partial charge >= 0.3 is 0 Å². The van der Waals surface area contributed by atoms with E-state index in [0.29, 0.717) is 25.3 Å². The maximum Gasteiger partial charge on any atom is 0.260 e. The Morgan fingerprint density at radius 3 is 2.56 bits per heavy atom. The number of hydrogen-bond donors (Lipinski definition) is 1. The van der Waals surface area contributed by atoms with Crippen LogP contribution < -0.4 is 5.32 Å². The summed E-state index contributed by atoms with van der Waals surface area (Å²) < 4.78 is 14.2. The van der Waals surface area contributed by atoms with E-state index < -0.39 is 11.7 Å². The fourth-order valence-corrected chi connectivity index (χ4v) is 4.42. The lowest BCUT2D eigenvalue weighted by molar-refractivity contribution is 0.102. The fourth-order valence-electron chi connectivity index (χ4n) is 1.93. The summed E-state index contributed by atoms with van der Waals surface area (Å²) in [4.78, 5) is 12.1. The number of hydrogen-bond acceptors (Lipinski definition) is 5. The van der Waals surface area contributed by atoms with Crippen LogP contribution in [0.5, 0.6) is 0 Å². The third-order valence-corrected chi connectivity index (χ3v) is 5.85. The van der Waals surface area contributed by atoms with E-state index in [2.05, 4.69) is 15.5 Å². The summed E-state index contributed by atoms with van der Waals surface area (Å²) in [7, 11) is 0. The third-order valence-electron chi connectivity index (χ3n) is 3.15. The highest BCUT2D eigenvalue weighted by Gasteiger charge is 2.14. The average Bonchev–Trinajstić information content (AvgIpc) is 3.02. The Hall–Kier alpha value is -1.67. The largest absolute Gasteiger partial charge is 0.296 e. The molecule has 0 unspecified atom stereocenters. The van der Waals surface area contributed by atoms with Crippen LogP contribution >= 0.6 is 46.3 Å². The molecule has 0 atom stereocenters. The zero-order valence-electron chi connectivity index (χ0n) is 12.5. The number of thioether (sulfide) groups is 1. The first-order valence-corrected chi connectivity index (χ1v) is 9.55. The number of nitrogens with one attached hydrogen (secondary N) is 1. The van der Waals surface area contributed by atoms with Crippen LogP contribution in [0.3, 0.4) is 0 Å². The van der Waals surface area contributed by atoms with Crippen LogP contribution in [0.4, 0.5) is 9.52 Å². The standard InChI is InChI=1S/C16H10Cl2FN3OS2/c17-11-5-3-6-12(18)10(11)8-24-16-22-21-15(25-16)20-14(23)9-4-1-2-7-13(9)19/h1-7H,8H2,(H,20,21,23). The van der Waals surface area contributed by atoms with E-state index in [1.54, 1.807) is 24.3 Å². The van der Waals surface area contributed by atoms with Crippen molar-refractivity contribution in [3.63, 3.8) is 0 Å². The molecule has 1 heterocycles. The quantitative estimate of drug-likeness (QED) is 0.441. The topological polar surface area (TPSA) is 54.9 Å². The zero-order valence-corrected chi connectivity index (χ0v) is 15.6. The van der Waals surface area contributed by atoms with E-state index in [9.17, 15) is 9.18 Å². The number of nitrogens with zero attached hydrogens (tertiary/aromatic N) is 2. The van der Waals surface area contributed by atoms with Crippen molar-refractivity contribution in [2.24, 2.45) is 0 Å². The lowest BCUT2D eigenvalue weighted by Crippen LogP contribution is -2.13. The second kappa shape index (κ2) is 8.14. The van der Waals surface area contributed by atoms with Crippen LogP contribution in [0, 0.1) is 5.82 Å². The van der Waals surface area contributed by atoms with Gasteiger partial charge in [-0.25, -0.2) is 4.39 Å². The second-order valence-electron chi connectivity index (χ2n) is 4.80. The number of rotatable bonds is 5. The monoisotopic (exact) mass is 413 g/mol. The number of anilines is 1. The first kappa shape index (κ1) is 18.1. The van der Waals surface area contributed by atoms with Gasteiger partial charge in [0.05, 0.1) is 5.56 Å². The van der Waals surface area contributed by atoms with E-state index in [1.165, 1.54) is 41.3 Å². The summed E-state index contributed by atoms with van der Waals surface area (Å²) >= 11 is 14.9. The number of halogens is 3. The molecule has 4 nitrogen and oxygen atoms in total. The van der Waals surface area contributed by atoms with Gasteiger partial charge in [-0.2, -0.15) is 0 Å². The number of aromatic nitrogens is 2. The van der Waals surface area contributed by atoms with Crippen molar-refractivity contribution < 1.29 is 9.18 Å². The maximum absolute atomic E-state index is 13.6. The second-order valence-corrected chi connectivity index (χ2v) is 7.81.